The van der Waals surface area contributed by atoms with Crippen LogP contribution in [0, 0.1) is 23.4 Å². The number of rotatable bonds is 4. The van der Waals surface area contributed by atoms with Crippen molar-refractivity contribution in [3.8, 4) is 11.1 Å². The van der Waals surface area contributed by atoms with E-state index in [1.165, 1.54) is 18.2 Å². The molecule has 132 valence electrons. The second-order valence-corrected chi connectivity index (χ2v) is 5.22. The number of para-hydroxylation sites is 1. The van der Waals surface area contributed by atoms with E-state index < -0.39 is 29.3 Å². The third-order valence-electron chi connectivity index (χ3n) is 3.69. The van der Waals surface area contributed by atoms with Crippen molar-refractivity contribution in [2.45, 2.75) is 0 Å². The van der Waals surface area contributed by atoms with Crippen molar-refractivity contribution in [2.75, 3.05) is 4.90 Å². The van der Waals surface area contributed by atoms with Gasteiger partial charge in [0.25, 0.3) is 5.91 Å². The maximum atomic E-state index is 14.2. The predicted molar refractivity (Wildman–Crippen MR) is 87.3 cm³/mol. The Bertz CT molecular complexity index is 1000. The molecule has 4 nitrogen and oxygen atoms in total. The second kappa shape index (κ2) is 6.83. The van der Waals surface area contributed by atoms with Gasteiger partial charge in [0.05, 0.1) is 11.9 Å². The first-order chi connectivity index (χ1) is 12.4. The number of aromatic amines is 1. The minimum atomic E-state index is -1.33. The number of halogens is 4. The molecule has 0 fully saturated rings. The smallest absolute Gasteiger partial charge is 0.268 e. The van der Waals surface area contributed by atoms with E-state index in [2.05, 4.69) is 11.7 Å². The zero-order valence-corrected chi connectivity index (χ0v) is 13.1. The predicted octanol–water partition coefficient (Wildman–Crippen LogP) is 4.42. The lowest BCUT2D eigenvalue weighted by Crippen LogP contribution is -2.26. The van der Waals surface area contributed by atoms with Gasteiger partial charge in [-0.2, -0.15) is 9.49 Å². The van der Waals surface area contributed by atoms with E-state index >= 15 is 0 Å². The quantitative estimate of drug-likeness (QED) is 0.552. The summed E-state index contributed by atoms with van der Waals surface area (Å²) in [6, 6.07) is 7.04. The Morgan fingerprint density at radius 3 is 2.38 bits per heavy atom. The summed E-state index contributed by atoms with van der Waals surface area (Å²) in [5.41, 5.74) is -0.406. The number of H-pyrrole nitrogens is 1. The fraction of sp³-hybridized carbons (Fsp3) is 0. The fourth-order valence-electron chi connectivity index (χ4n) is 2.48. The van der Waals surface area contributed by atoms with Gasteiger partial charge >= 0.3 is 0 Å². The molecule has 0 radical (unpaired) electrons. The van der Waals surface area contributed by atoms with Crippen LogP contribution in [0.4, 0.5) is 23.2 Å². The van der Waals surface area contributed by atoms with E-state index in [4.69, 9.17) is 0 Å². The van der Waals surface area contributed by atoms with Crippen LogP contribution in [-0.4, -0.2) is 16.1 Å². The molecule has 1 N–H and O–H groups in total. The number of hydrogen-bond acceptors (Lipinski definition) is 2. The van der Waals surface area contributed by atoms with Gasteiger partial charge in [0.2, 0.25) is 5.95 Å². The Kier molecular flexibility index (Phi) is 4.57. The van der Waals surface area contributed by atoms with Crippen LogP contribution in [0.25, 0.3) is 11.1 Å². The largest absolute Gasteiger partial charge is 0.284 e. The Morgan fingerprint density at radius 1 is 1.04 bits per heavy atom. The third kappa shape index (κ3) is 2.97. The number of anilines is 1. The number of benzene rings is 2. The van der Waals surface area contributed by atoms with Crippen molar-refractivity contribution in [1.82, 2.24) is 10.2 Å². The van der Waals surface area contributed by atoms with Gasteiger partial charge in [-0.25, -0.2) is 13.2 Å². The van der Waals surface area contributed by atoms with Gasteiger partial charge in [-0.3, -0.25) is 14.8 Å². The van der Waals surface area contributed by atoms with Gasteiger partial charge in [-0.15, -0.1) is 0 Å². The number of hydrogen-bond donors (Lipinski definition) is 1. The van der Waals surface area contributed by atoms with Gasteiger partial charge in [0.15, 0.2) is 11.6 Å². The summed E-state index contributed by atoms with van der Waals surface area (Å²) in [5.74, 6) is -5.35. The molecular formula is C18H11F4N3O. The summed E-state index contributed by atoms with van der Waals surface area (Å²) in [7, 11) is 0. The second-order valence-electron chi connectivity index (χ2n) is 5.22. The molecule has 1 heterocycles. The van der Waals surface area contributed by atoms with Gasteiger partial charge < -0.3 is 0 Å². The summed E-state index contributed by atoms with van der Waals surface area (Å²) in [4.78, 5) is 13.5. The molecule has 1 amide bonds. The first-order valence-electron chi connectivity index (χ1n) is 7.33. The van der Waals surface area contributed by atoms with Gasteiger partial charge in [-0.1, -0.05) is 24.8 Å². The fourth-order valence-corrected chi connectivity index (χ4v) is 2.48. The van der Waals surface area contributed by atoms with Crippen LogP contribution in [0.2, 0.25) is 0 Å². The Balaban J connectivity index is 2.15. The monoisotopic (exact) mass is 361 g/mol. The first kappa shape index (κ1) is 17.4. The van der Waals surface area contributed by atoms with E-state index in [1.807, 2.05) is 5.10 Å². The van der Waals surface area contributed by atoms with E-state index in [-0.39, 0.29) is 22.4 Å². The molecular weight excluding hydrogens is 350 g/mol. The Hall–Kier alpha value is -3.42. The highest BCUT2D eigenvalue weighted by atomic mass is 19.2. The summed E-state index contributed by atoms with van der Waals surface area (Å²) < 4.78 is 54.6. The number of nitrogens with zero attached hydrogens (tertiary/aromatic N) is 2. The molecule has 0 aliphatic rings. The van der Waals surface area contributed by atoms with E-state index in [9.17, 15) is 22.4 Å². The average molecular weight is 361 g/mol. The lowest BCUT2D eigenvalue weighted by Gasteiger charge is -2.21. The molecule has 3 aromatic rings. The lowest BCUT2D eigenvalue weighted by atomic mass is 10.0. The standard InChI is InChI=1S/C18H11F4N3O/c1-2-25(18(26)12-9-23-24-17(12)22)16-6-4-3-5-10(16)11-7-14(20)15(21)8-13(11)19/h2-9H,1H2,(H,23,24). The Morgan fingerprint density at radius 2 is 1.73 bits per heavy atom. The number of nitrogens with one attached hydrogen (secondary N) is 1. The number of amides is 1. The van der Waals surface area contributed by atoms with Crippen molar-refractivity contribution in [1.29, 1.82) is 0 Å². The molecule has 0 bridgehead atoms. The summed E-state index contributed by atoms with van der Waals surface area (Å²) in [6.07, 6.45) is 2.10. The van der Waals surface area contributed by atoms with Crippen molar-refractivity contribution in [3.63, 3.8) is 0 Å². The molecule has 3 rings (SSSR count). The molecule has 0 aliphatic carbocycles. The molecule has 0 spiro atoms. The van der Waals surface area contributed by atoms with Crippen molar-refractivity contribution in [3.05, 3.63) is 84.3 Å². The normalized spacial score (nSPS) is 10.6. The van der Waals surface area contributed by atoms with Gasteiger partial charge in [0.1, 0.15) is 11.4 Å². The Labute approximate surface area is 145 Å². The maximum absolute atomic E-state index is 14.2. The number of aromatic nitrogens is 2. The van der Waals surface area contributed by atoms with Gasteiger partial charge in [0, 0.05) is 23.4 Å². The molecule has 0 atom stereocenters. The van der Waals surface area contributed by atoms with Crippen LogP contribution in [0.1, 0.15) is 10.4 Å². The highest BCUT2D eigenvalue weighted by molar-refractivity contribution is 6.09. The summed E-state index contributed by atoms with van der Waals surface area (Å²) in [5, 5.41) is 5.44. The van der Waals surface area contributed by atoms with Crippen molar-refractivity contribution < 1.29 is 22.4 Å². The summed E-state index contributed by atoms with van der Waals surface area (Å²) in [6.45, 7) is 3.51. The first-order valence-corrected chi connectivity index (χ1v) is 7.33. The van der Waals surface area contributed by atoms with Crippen LogP contribution in [0.5, 0.6) is 0 Å². The van der Waals surface area contributed by atoms with E-state index in [0.717, 1.165) is 17.3 Å². The molecule has 2 aromatic carbocycles. The van der Waals surface area contributed by atoms with Crippen LogP contribution in [0.3, 0.4) is 0 Å². The van der Waals surface area contributed by atoms with Crippen LogP contribution in [0.15, 0.2) is 55.4 Å². The molecule has 0 unspecified atom stereocenters. The van der Waals surface area contributed by atoms with Crippen LogP contribution >= 0.6 is 0 Å². The van der Waals surface area contributed by atoms with Crippen LogP contribution < -0.4 is 4.90 Å². The molecule has 0 saturated carbocycles. The molecule has 0 saturated heterocycles. The average Bonchev–Trinajstić information content (AvgIpc) is 3.05. The highest BCUT2D eigenvalue weighted by Gasteiger charge is 2.24. The molecule has 0 aliphatic heterocycles. The lowest BCUT2D eigenvalue weighted by molar-refractivity contribution is 0.0994. The number of carbonyl (C=O) groups excluding carboxylic acids is 1. The topological polar surface area (TPSA) is 49.0 Å². The minimum Gasteiger partial charge on any atom is -0.284 e. The number of carbonyl (C=O) groups is 1. The summed E-state index contributed by atoms with van der Waals surface area (Å²) >= 11 is 0. The maximum Gasteiger partial charge on any atom is 0.268 e. The molecule has 26 heavy (non-hydrogen) atoms. The SMILES string of the molecule is C=CN(C(=O)c1cn[nH]c1F)c1ccccc1-c1cc(F)c(F)cc1F. The van der Waals surface area contributed by atoms with Crippen molar-refractivity contribution >= 4 is 11.6 Å². The highest BCUT2D eigenvalue weighted by Crippen LogP contribution is 2.34. The molecule has 8 heteroatoms. The van der Waals surface area contributed by atoms with Crippen LogP contribution in [-0.2, 0) is 0 Å². The zero-order valence-electron chi connectivity index (χ0n) is 13.1. The van der Waals surface area contributed by atoms with E-state index in [0.29, 0.717) is 12.1 Å². The zero-order chi connectivity index (χ0) is 18.8. The molecule has 1 aromatic heterocycles. The minimum absolute atomic E-state index is 0.0982. The third-order valence-corrected chi connectivity index (χ3v) is 3.69. The van der Waals surface area contributed by atoms with Gasteiger partial charge in [-0.05, 0) is 12.1 Å². The van der Waals surface area contributed by atoms with E-state index in [1.54, 1.807) is 6.07 Å². The van der Waals surface area contributed by atoms with Crippen molar-refractivity contribution in [2.24, 2.45) is 0 Å².